The van der Waals surface area contributed by atoms with Gasteiger partial charge in [-0.15, -0.1) is 11.6 Å². The molecule has 14 heavy (non-hydrogen) atoms. The van der Waals surface area contributed by atoms with Crippen LogP contribution in [0.2, 0.25) is 5.02 Å². The molecule has 0 aliphatic rings. The lowest BCUT2D eigenvalue weighted by Crippen LogP contribution is -2.23. The fraction of sp³-hybridized carbons (Fsp3) is 0.222. The van der Waals surface area contributed by atoms with E-state index in [1.807, 2.05) is 0 Å². The SMILES string of the molecule is O=C([O-])c1cc(Cl)ccc1OCCCl. The third-order valence-corrected chi connectivity index (χ3v) is 1.89. The van der Waals surface area contributed by atoms with Crippen molar-refractivity contribution in [2.75, 3.05) is 12.5 Å². The Balaban J connectivity index is 2.96. The Hall–Kier alpha value is -0.930. The minimum atomic E-state index is -1.32. The van der Waals surface area contributed by atoms with Crippen LogP contribution in [0.25, 0.3) is 0 Å². The van der Waals surface area contributed by atoms with Crippen LogP contribution in [0.1, 0.15) is 10.4 Å². The van der Waals surface area contributed by atoms with E-state index in [-0.39, 0.29) is 23.8 Å². The number of ether oxygens (including phenoxy) is 1. The van der Waals surface area contributed by atoms with E-state index in [2.05, 4.69) is 0 Å². The van der Waals surface area contributed by atoms with E-state index in [0.717, 1.165) is 0 Å². The number of rotatable bonds is 4. The average molecular weight is 234 g/mol. The molecule has 0 unspecified atom stereocenters. The summed E-state index contributed by atoms with van der Waals surface area (Å²) in [5.74, 6) is -0.818. The molecule has 1 aromatic rings. The summed E-state index contributed by atoms with van der Waals surface area (Å²) < 4.78 is 5.09. The van der Waals surface area contributed by atoms with Gasteiger partial charge in [0.2, 0.25) is 0 Å². The standard InChI is InChI=1S/C9H8Cl2O3/c10-3-4-14-8-2-1-6(11)5-7(8)9(12)13/h1-2,5H,3-4H2,(H,12,13)/p-1. The van der Waals surface area contributed by atoms with Gasteiger partial charge in [0.15, 0.2) is 0 Å². The fourth-order valence-corrected chi connectivity index (χ4v) is 1.19. The molecule has 0 amide bonds. The molecule has 0 saturated heterocycles. The smallest absolute Gasteiger partial charge is 0.128 e. The number of carbonyl (C=O) groups excluding carboxylic acids is 1. The van der Waals surface area contributed by atoms with E-state index in [4.69, 9.17) is 27.9 Å². The second kappa shape index (κ2) is 5.08. The van der Waals surface area contributed by atoms with Crippen molar-refractivity contribution in [3.8, 4) is 5.75 Å². The van der Waals surface area contributed by atoms with Crippen molar-refractivity contribution in [3.63, 3.8) is 0 Å². The molecule has 0 fully saturated rings. The van der Waals surface area contributed by atoms with Crippen LogP contribution >= 0.6 is 23.2 Å². The number of aromatic carboxylic acids is 1. The van der Waals surface area contributed by atoms with Gasteiger partial charge in [0.05, 0.1) is 11.8 Å². The fourth-order valence-electron chi connectivity index (χ4n) is 0.936. The molecule has 0 radical (unpaired) electrons. The minimum Gasteiger partial charge on any atom is -0.545 e. The molecule has 76 valence electrons. The van der Waals surface area contributed by atoms with Crippen LogP contribution in [0.3, 0.4) is 0 Å². The van der Waals surface area contributed by atoms with Crippen molar-refractivity contribution < 1.29 is 14.6 Å². The number of carboxylic acids is 1. The summed E-state index contributed by atoms with van der Waals surface area (Å²) in [6.45, 7) is 0.240. The van der Waals surface area contributed by atoms with Gasteiger partial charge in [-0.1, -0.05) is 11.6 Å². The minimum absolute atomic E-state index is 0.0670. The van der Waals surface area contributed by atoms with Crippen LogP contribution < -0.4 is 9.84 Å². The van der Waals surface area contributed by atoms with Gasteiger partial charge in [-0.3, -0.25) is 0 Å². The second-order valence-corrected chi connectivity index (χ2v) is 3.28. The molecule has 5 heteroatoms. The van der Waals surface area contributed by atoms with E-state index in [1.54, 1.807) is 0 Å². The molecule has 0 bridgehead atoms. The van der Waals surface area contributed by atoms with E-state index < -0.39 is 5.97 Å². The summed E-state index contributed by atoms with van der Waals surface area (Å²) in [5.41, 5.74) is -0.0670. The first-order valence-corrected chi connectivity index (χ1v) is 4.76. The van der Waals surface area contributed by atoms with E-state index in [0.29, 0.717) is 5.02 Å². The maximum atomic E-state index is 10.7. The van der Waals surface area contributed by atoms with Gasteiger partial charge in [0.1, 0.15) is 12.4 Å². The summed E-state index contributed by atoms with van der Waals surface area (Å²) in [5, 5.41) is 11.0. The molecule has 3 nitrogen and oxygen atoms in total. The Labute approximate surface area is 91.2 Å². The average Bonchev–Trinajstić information content (AvgIpc) is 2.15. The zero-order valence-corrected chi connectivity index (χ0v) is 8.64. The maximum Gasteiger partial charge on any atom is 0.128 e. The number of carboxylic acid groups (broad SMARTS) is 1. The van der Waals surface area contributed by atoms with Crippen LogP contribution in [0.5, 0.6) is 5.75 Å². The highest BCUT2D eigenvalue weighted by atomic mass is 35.5. The van der Waals surface area contributed by atoms with Gasteiger partial charge in [-0.2, -0.15) is 0 Å². The van der Waals surface area contributed by atoms with Crippen LogP contribution in [-0.4, -0.2) is 18.5 Å². The third kappa shape index (κ3) is 2.79. The quantitative estimate of drug-likeness (QED) is 0.738. The first-order chi connectivity index (χ1) is 6.65. The van der Waals surface area contributed by atoms with Crippen molar-refractivity contribution in [2.24, 2.45) is 0 Å². The van der Waals surface area contributed by atoms with E-state index in [9.17, 15) is 9.90 Å². The Morgan fingerprint density at radius 1 is 1.50 bits per heavy atom. The van der Waals surface area contributed by atoms with Crippen LogP contribution in [0, 0.1) is 0 Å². The number of halogens is 2. The third-order valence-electron chi connectivity index (χ3n) is 1.50. The van der Waals surface area contributed by atoms with Gasteiger partial charge in [-0.25, -0.2) is 0 Å². The Morgan fingerprint density at radius 3 is 2.79 bits per heavy atom. The van der Waals surface area contributed by atoms with E-state index in [1.165, 1.54) is 18.2 Å². The first-order valence-electron chi connectivity index (χ1n) is 3.85. The zero-order chi connectivity index (χ0) is 10.6. The highest BCUT2D eigenvalue weighted by Gasteiger charge is 2.05. The highest BCUT2D eigenvalue weighted by Crippen LogP contribution is 2.22. The largest absolute Gasteiger partial charge is 0.545 e. The topological polar surface area (TPSA) is 49.4 Å². The van der Waals surface area contributed by atoms with Crippen molar-refractivity contribution in [1.82, 2.24) is 0 Å². The van der Waals surface area contributed by atoms with Crippen molar-refractivity contribution in [3.05, 3.63) is 28.8 Å². The Morgan fingerprint density at radius 2 is 2.21 bits per heavy atom. The van der Waals surface area contributed by atoms with Gasteiger partial charge in [0, 0.05) is 10.6 Å². The number of alkyl halides is 1. The molecule has 0 aromatic heterocycles. The summed E-state index contributed by atoms with van der Waals surface area (Å²) in [6, 6.07) is 4.29. The summed E-state index contributed by atoms with van der Waals surface area (Å²) in [7, 11) is 0. The lowest BCUT2D eigenvalue weighted by atomic mass is 10.2. The zero-order valence-electron chi connectivity index (χ0n) is 7.13. The van der Waals surface area contributed by atoms with Crippen molar-refractivity contribution >= 4 is 29.2 Å². The lowest BCUT2D eigenvalue weighted by Gasteiger charge is -2.11. The Kier molecular flexibility index (Phi) is 4.04. The second-order valence-electron chi connectivity index (χ2n) is 2.47. The number of carbonyl (C=O) groups is 1. The molecule has 0 aliphatic carbocycles. The summed E-state index contributed by atoms with van der Waals surface area (Å²) in [4.78, 5) is 10.7. The molecular weight excluding hydrogens is 227 g/mol. The van der Waals surface area contributed by atoms with Gasteiger partial charge in [0.25, 0.3) is 0 Å². The maximum absolute atomic E-state index is 10.7. The normalized spacial score (nSPS) is 9.86. The molecule has 0 saturated carbocycles. The van der Waals surface area contributed by atoms with Crippen molar-refractivity contribution in [1.29, 1.82) is 0 Å². The molecule has 0 N–H and O–H groups in total. The summed E-state index contributed by atoms with van der Waals surface area (Å²) >= 11 is 11.0. The first kappa shape index (κ1) is 11.1. The predicted octanol–water partition coefficient (Wildman–Crippen LogP) is 1.32. The van der Waals surface area contributed by atoms with Gasteiger partial charge >= 0.3 is 0 Å². The molecule has 0 atom stereocenters. The highest BCUT2D eigenvalue weighted by molar-refractivity contribution is 6.31. The molecule has 0 heterocycles. The Bertz CT molecular complexity index is 339. The summed E-state index contributed by atoms with van der Waals surface area (Å²) in [6.07, 6.45) is 0. The molecule has 0 aliphatic heterocycles. The molecule has 1 rings (SSSR count). The molecule has 1 aromatic carbocycles. The van der Waals surface area contributed by atoms with Gasteiger partial charge < -0.3 is 14.6 Å². The number of hydrogen-bond acceptors (Lipinski definition) is 3. The lowest BCUT2D eigenvalue weighted by molar-refractivity contribution is -0.255. The van der Waals surface area contributed by atoms with Crippen LogP contribution in [-0.2, 0) is 0 Å². The predicted molar refractivity (Wildman–Crippen MR) is 52.0 cm³/mol. The number of benzene rings is 1. The monoisotopic (exact) mass is 233 g/mol. The van der Waals surface area contributed by atoms with E-state index >= 15 is 0 Å². The number of hydrogen-bond donors (Lipinski definition) is 0. The van der Waals surface area contributed by atoms with Gasteiger partial charge in [-0.05, 0) is 18.2 Å². The van der Waals surface area contributed by atoms with Crippen LogP contribution in [0.15, 0.2) is 18.2 Å². The van der Waals surface area contributed by atoms with Crippen LogP contribution in [0.4, 0.5) is 0 Å². The molecule has 0 spiro atoms. The van der Waals surface area contributed by atoms with Crippen molar-refractivity contribution in [2.45, 2.75) is 0 Å². The molecular formula is C9H7Cl2O3-.